The highest BCUT2D eigenvalue weighted by molar-refractivity contribution is 4.90. The van der Waals surface area contributed by atoms with Crippen LogP contribution < -0.4 is 5.32 Å². The SMILES string of the molecule is CCCCCC(NCCC)C1CCCCC1(C)C. The van der Waals surface area contributed by atoms with Crippen molar-refractivity contribution in [2.75, 3.05) is 6.54 Å². The smallest absolute Gasteiger partial charge is 0.0100 e. The van der Waals surface area contributed by atoms with Crippen LogP contribution in [0.4, 0.5) is 0 Å². The van der Waals surface area contributed by atoms with Crippen LogP contribution in [0.2, 0.25) is 0 Å². The molecule has 1 saturated carbocycles. The minimum atomic E-state index is 0.551. The van der Waals surface area contributed by atoms with E-state index in [2.05, 4.69) is 33.0 Å². The zero-order chi connectivity index (χ0) is 13.4. The van der Waals surface area contributed by atoms with Crippen LogP contribution in [-0.2, 0) is 0 Å². The van der Waals surface area contributed by atoms with E-state index in [1.807, 2.05) is 0 Å². The first-order valence-electron chi connectivity index (χ1n) is 8.35. The highest BCUT2D eigenvalue weighted by Gasteiger charge is 2.36. The monoisotopic (exact) mass is 253 g/mol. The van der Waals surface area contributed by atoms with Crippen molar-refractivity contribution in [2.24, 2.45) is 11.3 Å². The van der Waals surface area contributed by atoms with Crippen molar-refractivity contribution >= 4 is 0 Å². The molecule has 1 fully saturated rings. The fourth-order valence-electron chi connectivity index (χ4n) is 3.66. The van der Waals surface area contributed by atoms with Crippen LogP contribution in [-0.4, -0.2) is 12.6 Å². The second-order valence-electron chi connectivity index (χ2n) is 6.90. The molecule has 1 rings (SSSR count). The van der Waals surface area contributed by atoms with Crippen LogP contribution in [0.25, 0.3) is 0 Å². The molecule has 1 heteroatoms. The molecule has 2 unspecified atom stereocenters. The summed E-state index contributed by atoms with van der Waals surface area (Å²) in [5, 5.41) is 3.85. The molecule has 0 amide bonds. The third kappa shape index (κ3) is 4.91. The molecule has 2 atom stereocenters. The number of hydrogen-bond donors (Lipinski definition) is 1. The Hall–Kier alpha value is -0.0400. The summed E-state index contributed by atoms with van der Waals surface area (Å²) < 4.78 is 0. The minimum Gasteiger partial charge on any atom is -0.314 e. The van der Waals surface area contributed by atoms with Gasteiger partial charge in [-0.05, 0) is 43.6 Å². The van der Waals surface area contributed by atoms with Gasteiger partial charge >= 0.3 is 0 Å². The van der Waals surface area contributed by atoms with E-state index >= 15 is 0 Å². The molecule has 0 heterocycles. The van der Waals surface area contributed by atoms with Crippen molar-refractivity contribution in [3.63, 3.8) is 0 Å². The van der Waals surface area contributed by atoms with Gasteiger partial charge in [0.2, 0.25) is 0 Å². The lowest BCUT2D eigenvalue weighted by molar-refractivity contribution is 0.0936. The molecule has 0 aromatic carbocycles. The lowest BCUT2D eigenvalue weighted by Crippen LogP contribution is -2.45. The van der Waals surface area contributed by atoms with Crippen LogP contribution >= 0.6 is 0 Å². The maximum Gasteiger partial charge on any atom is 0.0100 e. The van der Waals surface area contributed by atoms with Crippen LogP contribution in [0.15, 0.2) is 0 Å². The zero-order valence-corrected chi connectivity index (χ0v) is 13.2. The molecule has 0 saturated heterocycles. The van der Waals surface area contributed by atoms with Crippen molar-refractivity contribution in [3.05, 3.63) is 0 Å². The molecule has 0 radical (unpaired) electrons. The Morgan fingerprint density at radius 2 is 1.89 bits per heavy atom. The van der Waals surface area contributed by atoms with Crippen molar-refractivity contribution in [1.82, 2.24) is 5.32 Å². The minimum absolute atomic E-state index is 0.551. The summed E-state index contributed by atoms with van der Waals surface area (Å²) in [4.78, 5) is 0. The average Bonchev–Trinajstić information content (AvgIpc) is 2.34. The third-order valence-corrected chi connectivity index (χ3v) is 4.85. The Balaban J connectivity index is 2.55. The van der Waals surface area contributed by atoms with Crippen LogP contribution in [0.5, 0.6) is 0 Å². The second-order valence-corrected chi connectivity index (χ2v) is 6.90. The molecular formula is C17H35N. The van der Waals surface area contributed by atoms with E-state index in [0.717, 1.165) is 12.0 Å². The zero-order valence-electron chi connectivity index (χ0n) is 13.2. The van der Waals surface area contributed by atoms with E-state index in [9.17, 15) is 0 Å². The van der Waals surface area contributed by atoms with Gasteiger partial charge in [-0.25, -0.2) is 0 Å². The maximum atomic E-state index is 3.85. The normalized spacial score (nSPS) is 25.0. The number of nitrogens with one attached hydrogen (secondary N) is 1. The Kier molecular flexibility index (Phi) is 7.29. The van der Waals surface area contributed by atoms with Crippen LogP contribution in [0.3, 0.4) is 0 Å². The summed E-state index contributed by atoms with van der Waals surface area (Å²) in [5.74, 6) is 0.898. The van der Waals surface area contributed by atoms with E-state index in [-0.39, 0.29) is 0 Å². The summed E-state index contributed by atoms with van der Waals surface area (Å²) in [7, 11) is 0. The van der Waals surface area contributed by atoms with Crippen molar-refractivity contribution < 1.29 is 0 Å². The average molecular weight is 253 g/mol. The van der Waals surface area contributed by atoms with E-state index in [4.69, 9.17) is 0 Å². The fraction of sp³-hybridized carbons (Fsp3) is 1.00. The Morgan fingerprint density at radius 3 is 2.50 bits per heavy atom. The topological polar surface area (TPSA) is 12.0 Å². The molecule has 18 heavy (non-hydrogen) atoms. The predicted molar refractivity (Wildman–Crippen MR) is 82.0 cm³/mol. The number of unbranched alkanes of at least 4 members (excludes halogenated alkanes) is 2. The van der Waals surface area contributed by atoms with Gasteiger partial charge in [0.05, 0.1) is 0 Å². The molecule has 0 bridgehead atoms. The van der Waals surface area contributed by atoms with Crippen LogP contribution in [0.1, 0.15) is 85.5 Å². The van der Waals surface area contributed by atoms with Crippen LogP contribution in [0, 0.1) is 11.3 Å². The van der Waals surface area contributed by atoms with Gasteiger partial charge in [0.1, 0.15) is 0 Å². The van der Waals surface area contributed by atoms with E-state index in [1.54, 1.807) is 0 Å². The van der Waals surface area contributed by atoms with Crippen molar-refractivity contribution in [2.45, 2.75) is 91.5 Å². The first kappa shape index (κ1) is 16.0. The molecule has 1 aliphatic rings. The second kappa shape index (κ2) is 8.19. The highest BCUT2D eigenvalue weighted by Crippen LogP contribution is 2.43. The van der Waals surface area contributed by atoms with Gasteiger partial charge in [-0.3, -0.25) is 0 Å². The molecule has 1 N–H and O–H groups in total. The molecule has 0 aliphatic heterocycles. The van der Waals surface area contributed by atoms with E-state index < -0.39 is 0 Å². The predicted octanol–water partition coefficient (Wildman–Crippen LogP) is 5.15. The quantitative estimate of drug-likeness (QED) is 0.590. The summed E-state index contributed by atoms with van der Waals surface area (Å²) in [5.41, 5.74) is 0.551. The molecule has 1 aliphatic carbocycles. The Bertz CT molecular complexity index is 210. The van der Waals surface area contributed by atoms with Gasteiger partial charge in [-0.15, -0.1) is 0 Å². The van der Waals surface area contributed by atoms with Gasteiger partial charge in [0.15, 0.2) is 0 Å². The summed E-state index contributed by atoms with van der Waals surface area (Å²) >= 11 is 0. The lowest BCUT2D eigenvalue weighted by Gasteiger charge is -2.44. The van der Waals surface area contributed by atoms with Gasteiger partial charge in [0.25, 0.3) is 0 Å². The van der Waals surface area contributed by atoms with E-state index in [1.165, 1.54) is 64.3 Å². The van der Waals surface area contributed by atoms with Crippen molar-refractivity contribution in [1.29, 1.82) is 0 Å². The summed E-state index contributed by atoms with van der Waals surface area (Å²) in [6.07, 6.45) is 12.6. The summed E-state index contributed by atoms with van der Waals surface area (Å²) in [6, 6.07) is 0.770. The number of hydrogen-bond acceptors (Lipinski definition) is 1. The molecular weight excluding hydrogens is 218 g/mol. The van der Waals surface area contributed by atoms with Gasteiger partial charge in [-0.2, -0.15) is 0 Å². The Labute approximate surface area is 115 Å². The van der Waals surface area contributed by atoms with E-state index in [0.29, 0.717) is 5.41 Å². The third-order valence-electron chi connectivity index (χ3n) is 4.85. The first-order valence-corrected chi connectivity index (χ1v) is 8.35. The largest absolute Gasteiger partial charge is 0.314 e. The highest BCUT2D eigenvalue weighted by atomic mass is 14.9. The first-order chi connectivity index (χ1) is 8.61. The fourth-order valence-corrected chi connectivity index (χ4v) is 3.66. The molecule has 108 valence electrons. The molecule has 0 aromatic heterocycles. The molecule has 0 spiro atoms. The van der Waals surface area contributed by atoms with Gasteiger partial charge < -0.3 is 5.32 Å². The maximum absolute atomic E-state index is 3.85. The molecule has 1 nitrogen and oxygen atoms in total. The van der Waals surface area contributed by atoms with Gasteiger partial charge in [0, 0.05) is 6.04 Å². The Morgan fingerprint density at radius 1 is 1.11 bits per heavy atom. The van der Waals surface area contributed by atoms with Crippen molar-refractivity contribution in [3.8, 4) is 0 Å². The standard InChI is InChI=1S/C17H35N/c1-5-7-8-12-16(18-14-6-2)15-11-9-10-13-17(15,3)4/h15-16,18H,5-14H2,1-4H3. The summed E-state index contributed by atoms with van der Waals surface area (Å²) in [6.45, 7) is 10.8. The molecule has 0 aromatic rings. The lowest BCUT2D eigenvalue weighted by atomic mass is 9.65. The van der Waals surface area contributed by atoms with Gasteiger partial charge in [-0.1, -0.05) is 59.8 Å². The number of rotatable bonds is 8.